The van der Waals surface area contributed by atoms with Crippen molar-refractivity contribution in [3.8, 4) is 5.75 Å². The van der Waals surface area contributed by atoms with Crippen molar-refractivity contribution < 1.29 is 19.1 Å². The van der Waals surface area contributed by atoms with E-state index in [1.807, 2.05) is 63.2 Å². The van der Waals surface area contributed by atoms with E-state index >= 15 is 0 Å². The number of imide groups is 1. The van der Waals surface area contributed by atoms with E-state index in [0.717, 1.165) is 33.0 Å². The van der Waals surface area contributed by atoms with Gasteiger partial charge in [-0.1, -0.05) is 30.3 Å². The highest BCUT2D eigenvalue weighted by Crippen LogP contribution is 2.44. The first kappa shape index (κ1) is 20.9. The Balaban J connectivity index is 1.57. The van der Waals surface area contributed by atoms with Gasteiger partial charge in [0.25, 0.3) is 17.7 Å². The van der Waals surface area contributed by atoms with Crippen LogP contribution in [0.3, 0.4) is 0 Å². The molecule has 0 radical (unpaired) electrons. The maximum Gasteiger partial charge on any atom is 0.262 e. The molecule has 0 aromatic heterocycles. The Bertz CT molecular complexity index is 1250. The van der Waals surface area contributed by atoms with Crippen LogP contribution in [0.15, 0.2) is 66.7 Å². The molecule has 33 heavy (non-hydrogen) atoms. The molecule has 2 heterocycles. The first-order valence-electron chi connectivity index (χ1n) is 11.0. The number of rotatable bonds is 5. The molecule has 2 aliphatic heterocycles. The Hall–Kier alpha value is -3.93. The monoisotopic (exact) mass is 440 g/mol. The van der Waals surface area contributed by atoms with E-state index in [4.69, 9.17) is 4.74 Å². The molecule has 3 aromatic carbocycles. The minimum absolute atomic E-state index is 0.272. The number of β-lactam (4-membered cyclic amide) rings is 1. The predicted octanol–water partition coefficient (Wildman–Crippen LogP) is 4.45. The highest BCUT2D eigenvalue weighted by atomic mass is 16.5. The molecule has 0 spiro atoms. The standard InChI is InChI=1S/C27H24N2O4/c1-4-33-20-13-10-18(11-14-20)23-24(27(32)28(23)19-12-9-16(2)17(3)15-19)29-25(30)21-7-5-6-8-22(21)26(29)31/h5-15,23-24H,4H2,1-3H3. The number of amides is 3. The number of hydrogen-bond acceptors (Lipinski definition) is 4. The van der Waals surface area contributed by atoms with Gasteiger partial charge in [-0.15, -0.1) is 0 Å². The zero-order valence-corrected chi connectivity index (χ0v) is 18.7. The fourth-order valence-corrected chi connectivity index (χ4v) is 4.61. The number of fused-ring (bicyclic) bond motifs is 1. The molecule has 2 atom stereocenters. The van der Waals surface area contributed by atoms with Gasteiger partial charge in [0.05, 0.1) is 23.8 Å². The molecule has 5 rings (SSSR count). The van der Waals surface area contributed by atoms with Crippen LogP contribution in [-0.4, -0.2) is 35.3 Å². The van der Waals surface area contributed by atoms with Crippen molar-refractivity contribution in [2.24, 2.45) is 0 Å². The molecule has 2 aliphatic rings. The average molecular weight is 440 g/mol. The summed E-state index contributed by atoms with van der Waals surface area (Å²) < 4.78 is 5.56. The van der Waals surface area contributed by atoms with Gasteiger partial charge in [0.1, 0.15) is 11.8 Å². The topological polar surface area (TPSA) is 66.9 Å². The van der Waals surface area contributed by atoms with Crippen molar-refractivity contribution in [3.05, 3.63) is 94.5 Å². The molecule has 0 saturated carbocycles. The lowest BCUT2D eigenvalue weighted by Gasteiger charge is -2.50. The maximum absolute atomic E-state index is 13.5. The quantitative estimate of drug-likeness (QED) is 0.434. The summed E-state index contributed by atoms with van der Waals surface area (Å²) in [6, 6.07) is 18.6. The van der Waals surface area contributed by atoms with E-state index in [0.29, 0.717) is 17.7 Å². The van der Waals surface area contributed by atoms with E-state index in [-0.39, 0.29) is 5.91 Å². The normalized spacial score (nSPS) is 19.5. The number of nitrogens with zero attached hydrogens (tertiary/aromatic N) is 2. The van der Waals surface area contributed by atoms with Crippen molar-refractivity contribution in [3.63, 3.8) is 0 Å². The predicted molar refractivity (Wildman–Crippen MR) is 124 cm³/mol. The zero-order chi connectivity index (χ0) is 23.3. The Kier molecular flexibility index (Phi) is 5.01. The van der Waals surface area contributed by atoms with Crippen molar-refractivity contribution in [2.45, 2.75) is 32.9 Å². The second kappa shape index (κ2) is 7.89. The first-order chi connectivity index (χ1) is 15.9. The van der Waals surface area contributed by atoms with Crippen LogP contribution in [0.2, 0.25) is 0 Å². The summed E-state index contributed by atoms with van der Waals surface area (Å²) in [7, 11) is 0. The van der Waals surface area contributed by atoms with Crippen LogP contribution in [0.5, 0.6) is 5.75 Å². The lowest BCUT2D eigenvalue weighted by atomic mass is 9.86. The summed E-state index contributed by atoms with van der Waals surface area (Å²) in [5.41, 5.74) is 4.44. The summed E-state index contributed by atoms with van der Waals surface area (Å²) in [6.45, 7) is 6.48. The van der Waals surface area contributed by atoms with Crippen LogP contribution in [0, 0.1) is 13.8 Å². The van der Waals surface area contributed by atoms with E-state index in [1.54, 1.807) is 29.2 Å². The second-order valence-corrected chi connectivity index (χ2v) is 8.39. The largest absolute Gasteiger partial charge is 0.494 e. The molecule has 166 valence electrons. The number of carbonyl (C=O) groups excluding carboxylic acids is 3. The Morgan fingerprint density at radius 3 is 1.97 bits per heavy atom. The Labute approximate surface area is 192 Å². The summed E-state index contributed by atoms with van der Waals surface area (Å²) >= 11 is 0. The maximum atomic E-state index is 13.5. The second-order valence-electron chi connectivity index (χ2n) is 8.39. The van der Waals surface area contributed by atoms with Gasteiger partial charge in [-0.25, -0.2) is 0 Å². The highest BCUT2D eigenvalue weighted by molar-refractivity contribution is 6.24. The van der Waals surface area contributed by atoms with E-state index in [9.17, 15) is 14.4 Å². The van der Waals surface area contributed by atoms with Crippen molar-refractivity contribution in [1.82, 2.24) is 4.90 Å². The van der Waals surface area contributed by atoms with Gasteiger partial charge in [-0.05, 0) is 73.9 Å². The SMILES string of the molecule is CCOc1ccc(C2C(N3C(=O)c4ccccc4C3=O)C(=O)N2c2ccc(C)c(C)c2)cc1. The molecule has 1 fully saturated rings. The third kappa shape index (κ3) is 3.21. The molecule has 2 unspecified atom stereocenters. The number of anilines is 1. The Morgan fingerprint density at radius 2 is 1.39 bits per heavy atom. The van der Waals surface area contributed by atoms with Gasteiger partial charge >= 0.3 is 0 Å². The van der Waals surface area contributed by atoms with Gasteiger partial charge in [0.2, 0.25) is 0 Å². The van der Waals surface area contributed by atoms with Crippen LogP contribution < -0.4 is 9.64 Å². The van der Waals surface area contributed by atoms with Crippen LogP contribution >= 0.6 is 0 Å². The fourth-order valence-electron chi connectivity index (χ4n) is 4.61. The molecular formula is C27H24N2O4. The van der Waals surface area contributed by atoms with Gasteiger partial charge < -0.3 is 9.64 Å². The molecule has 1 saturated heterocycles. The lowest BCUT2D eigenvalue weighted by Crippen LogP contribution is -2.67. The van der Waals surface area contributed by atoms with E-state index in [2.05, 4.69) is 0 Å². The van der Waals surface area contributed by atoms with Crippen molar-refractivity contribution >= 4 is 23.4 Å². The van der Waals surface area contributed by atoms with Gasteiger partial charge in [0, 0.05) is 5.69 Å². The first-order valence-corrected chi connectivity index (χ1v) is 11.0. The van der Waals surface area contributed by atoms with Gasteiger partial charge in [0.15, 0.2) is 0 Å². The van der Waals surface area contributed by atoms with Crippen LogP contribution in [0.1, 0.15) is 50.4 Å². The summed E-state index contributed by atoms with van der Waals surface area (Å²) in [4.78, 5) is 42.6. The zero-order valence-electron chi connectivity index (χ0n) is 18.7. The lowest BCUT2D eigenvalue weighted by molar-refractivity contribution is -0.130. The van der Waals surface area contributed by atoms with Crippen molar-refractivity contribution in [1.29, 1.82) is 0 Å². The molecular weight excluding hydrogens is 416 g/mol. The van der Waals surface area contributed by atoms with Crippen molar-refractivity contribution in [2.75, 3.05) is 11.5 Å². The number of hydrogen-bond donors (Lipinski definition) is 0. The summed E-state index contributed by atoms with van der Waals surface area (Å²) in [5.74, 6) is -0.400. The average Bonchev–Trinajstić information content (AvgIpc) is 3.06. The molecule has 0 N–H and O–H groups in total. The third-order valence-electron chi connectivity index (χ3n) is 6.47. The fraction of sp³-hybridized carbons (Fsp3) is 0.222. The number of benzene rings is 3. The molecule has 3 aromatic rings. The van der Waals surface area contributed by atoms with E-state index < -0.39 is 23.9 Å². The third-order valence-corrected chi connectivity index (χ3v) is 6.47. The number of ether oxygens (including phenoxy) is 1. The van der Waals surface area contributed by atoms with Crippen LogP contribution in [0.25, 0.3) is 0 Å². The minimum Gasteiger partial charge on any atom is -0.494 e. The van der Waals surface area contributed by atoms with Gasteiger partial charge in [-0.2, -0.15) is 0 Å². The number of carbonyl (C=O) groups is 3. The Morgan fingerprint density at radius 1 is 0.758 bits per heavy atom. The highest BCUT2D eigenvalue weighted by Gasteiger charge is 2.57. The molecule has 0 bridgehead atoms. The van der Waals surface area contributed by atoms with Crippen LogP contribution in [-0.2, 0) is 4.79 Å². The van der Waals surface area contributed by atoms with Crippen LogP contribution in [0.4, 0.5) is 5.69 Å². The summed E-state index contributed by atoms with van der Waals surface area (Å²) in [6.07, 6.45) is 0. The molecule has 3 amide bonds. The molecule has 0 aliphatic carbocycles. The molecule has 6 heteroatoms. The number of aryl methyl sites for hydroxylation is 2. The van der Waals surface area contributed by atoms with Gasteiger partial charge in [-0.3, -0.25) is 19.3 Å². The molecule has 6 nitrogen and oxygen atoms in total. The smallest absolute Gasteiger partial charge is 0.262 e. The van der Waals surface area contributed by atoms with E-state index in [1.165, 1.54) is 0 Å². The summed E-state index contributed by atoms with van der Waals surface area (Å²) in [5, 5.41) is 0. The minimum atomic E-state index is -0.906.